The van der Waals surface area contributed by atoms with Crippen molar-refractivity contribution in [1.82, 2.24) is 0 Å². The van der Waals surface area contributed by atoms with Crippen molar-refractivity contribution in [3.63, 3.8) is 0 Å². The molecule has 0 N–H and O–H groups in total. The van der Waals surface area contributed by atoms with Crippen LogP contribution in [0.15, 0.2) is 121 Å². The van der Waals surface area contributed by atoms with Gasteiger partial charge in [-0.15, -0.1) is 69.1 Å². The molecule has 0 saturated heterocycles. The molecule has 0 bridgehead atoms. The Morgan fingerprint density at radius 1 is 0.500 bits per heavy atom. The van der Waals surface area contributed by atoms with Gasteiger partial charge in [-0.25, -0.2) is 0 Å². The second kappa shape index (κ2) is 16.4. The van der Waals surface area contributed by atoms with Gasteiger partial charge in [0.1, 0.15) is 0 Å². The topological polar surface area (TPSA) is 0 Å². The molecule has 0 radical (unpaired) electrons. The van der Waals surface area contributed by atoms with Gasteiger partial charge in [-0.3, -0.25) is 0 Å². The van der Waals surface area contributed by atoms with Crippen LogP contribution in [-0.2, 0) is 33.8 Å². The first-order valence-corrected chi connectivity index (χ1v) is 22.8. The number of benzene rings is 4. The van der Waals surface area contributed by atoms with Crippen molar-refractivity contribution in [3.05, 3.63) is 132 Å². The monoisotopic (exact) mass is 802 g/mol. The number of hydrogen-bond acceptors (Lipinski definition) is 0. The van der Waals surface area contributed by atoms with Crippen LogP contribution < -0.4 is 24.8 Å². The quantitative estimate of drug-likeness (QED) is 0.153. The molecule has 0 heterocycles. The molecule has 0 aliphatic rings. The SMILES string of the molecule is CC(C)(C)c1cc2c(-c3ccccc3)cccc2[cH-]1.CC(C)(C)c1cc2c(-c3ccccc3)cccc2[cH-]1.C[Si](C)=[Hf+2].[Cl-].[Cl-]. The Hall–Kier alpha value is -2.23. The largest absolute Gasteiger partial charge is 1.00 e. The maximum absolute atomic E-state index is 2.34. The summed E-state index contributed by atoms with van der Waals surface area (Å²) in [6.07, 6.45) is 0. The van der Waals surface area contributed by atoms with Crippen LogP contribution >= 0.6 is 0 Å². The van der Waals surface area contributed by atoms with Crippen molar-refractivity contribution in [1.29, 1.82) is 0 Å². The summed E-state index contributed by atoms with van der Waals surface area (Å²) in [4.78, 5) is 0. The summed E-state index contributed by atoms with van der Waals surface area (Å²) in [5, 5.41) is 5.40. The van der Waals surface area contributed by atoms with Crippen LogP contribution in [0.25, 0.3) is 43.8 Å². The zero-order valence-electron chi connectivity index (χ0n) is 27.3. The number of hydrogen-bond donors (Lipinski definition) is 0. The third kappa shape index (κ3) is 9.88. The van der Waals surface area contributed by atoms with E-state index >= 15 is 0 Å². The fourth-order valence-electron chi connectivity index (χ4n) is 5.07. The number of rotatable bonds is 2. The summed E-state index contributed by atoms with van der Waals surface area (Å²) in [6.45, 7) is 18.3. The number of fused-ring (bicyclic) bond motifs is 2. The minimum Gasteiger partial charge on any atom is -1.00 e. The van der Waals surface area contributed by atoms with Crippen molar-refractivity contribution >= 4 is 27.0 Å². The Balaban J connectivity index is 0.000000263. The Morgan fingerprint density at radius 3 is 1.11 bits per heavy atom. The Bertz CT molecular complexity index is 1630. The van der Waals surface area contributed by atoms with Gasteiger partial charge in [0.15, 0.2) is 0 Å². The fourth-order valence-corrected chi connectivity index (χ4v) is 5.07. The van der Waals surface area contributed by atoms with Gasteiger partial charge in [0, 0.05) is 0 Å². The maximum Gasteiger partial charge on any atom is -1.00 e. The van der Waals surface area contributed by atoms with Gasteiger partial charge in [0.05, 0.1) is 0 Å². The molecular weight excluding hydrogens is 758 g/mol. The van der Waals surface area contributed by atoms with E-state index in [1.165, 1.54) is 77.9 Å². The zero-order chi connectivity index (χ0) is 30.5. The van der Waals surface area contributed by atoms with Crippen LogP contribution in [0.4, 0.5) is 0 Å². The van der Waals surface area contributed by atoms with Gasteiger partial charge < -0.3 is 24.8 Å². The van der Waals surface area contributed by atoms with Gasteiger partial charge in [-0.05, 0) is 22.0 Å². The van der Waals surface area contributed by atoms with Crippen molar-refractivity contribution < 1.29 is 47.8 Å². The van der Waals surface area contributed by atoms with E-state index in [1.54, 1.807) is 0 Å². The molecule has 0 aliphatic heterocycles. The Labute approximate surface area is 293 Å². The first-order valence-electron chi connectivity index (χ1n) is 14.9. The second-order valence-electron chi connectivity index (χ2n) is 13.3. The Morgan fingerprint density at radius 2 is 0.818 bits per heavy atom. The van der Waals surface area contributed by atoms with E-state index in [0.29, 0.717) is 0 Å². The van der Waals surface area contributed by atoms with E-state index in [0.717, 1.165) is 0 Å². The summed E-state index contributed by atoms with van der Waals surface area (Å²) < 4.78 is 0. The average Bonchev–Trinajstić information content (AvgIpc) is 3.59. The summed E-state index contributed by atoms with van der Waals surface area (Å²) in [6, 6.07) is 43.7. The first kappa shape index (κ1) is 38.0. The summed E-state index contributed by atoms with van der Waals surface area (Å²) >= 11 is 1.45. The molecule has 6 rings (SSSR count). The van der Waals surface area contributed by atoms with Gasteiger partial charge in [0.25, 0.3) is 0 Å². The Kier molecular flexibility index (Phi) is 14.1. The summed E-state index contributed by atoms with van der Waals surface area (Å²) in [5.74, 6) is 0. The maximum atomic E-state index is 2.34. The van der Waals surface area contributed by atoms with Gasteiger partial charge in [-0.1, -0.05) is 125 Å². The molecule has 0 aliphatic carbocycles. The second-order valence-corrected chi connectivity index (χ2v) is 26.1. The van der Waals surface area contributed by atoms with Crippen LogP contribution in [0.3, 0.4) is 0 Å². The van der Waals surface area contributed by atoms with Gasteiger partial charge in [0.2, 0.25) is 0 Å². The van der Waals surface area contributed by atoms with Crippen LogP contribution in [0.5, 0.6) is 0 Å². The molecule has 0 saturated carbocycles. The van der Waals surface area contributed by atoms with Gasteiger partial charge in [-0.2, -0.15) is 12.1 Å². The minimum absolute atomic E-state index is 0. The molecule has 44 heavy (non-hydrogen) atoms. The molecule has 4 heteroatoms. The van der Waals surface area contributed by atoms with E-state index in [4.69, 9.17) is 0 Å². The van der Waals surface area contributed by atoms with Crippen LogP contribution in [0.1, 0.15) is 52.7 Å². The van der Waals surface area contributed by atoms with Crippen LogP contribution in [-0.4, -0.2) is 5.49 Å². The predicted molar refractivity (Wildman–Crippen MR) is 185 cm³/mol. The van der Waals surface area contributed by atoms with Crippen molar-refractivity contribution in [2.75, 3.05) is 0 Å². The smallest absolute Gasteiger partial charge is 1.00 e. The third-order valence-corrected chi connectivity index (χ3v) is 7.40. The first-order chi connectivity index (χ1) is 19.8. The number of halogens is 2. The zero-order valence-corrected chi connectivity index (χ0v) is 33.4. The predicted octanol–water partition coefficient (Wildman–Crippen LogP) is 5.84. The van der Waals surface area contributed by atoms with E-state index in [-0.39, 0.29) is 41.1 Å². The molecule has 0 aromatic heterocycles. The molecule has 0 unspecified atom stereocenters. The minimum atomic E-state index is 0. The normalized spacial score (nSPS) is 11.0. The van der Waals surface area contributed by atoms with Crippen LogP contribution in [0, 0.1) is 0 Å². The molecule has 0 nitrogen and oxygen atoms in total. The molecule has 0 fully saturated rings. The fraction of sp³-hybridized carbons (Fsp3) is 0.250. The van der Waals surface area contributed by atoms with E-state index in [1.807, 2.05) is 0 Å². The van der Waals surface area contributed by atoms with Crippen molar-refractivity contribution in [2.24, 2.45) is 0 Å². The molecule has 0 spiro atoms. The third-order valence-electron chi connectivity index (χ3n) is 7.40. The molecule has 228 valence electrons. The van der Waals surface area contributed by atoms with E-state index in [9.17, 15) is 0 Å². The standard InChI is InChI=1S/2C19H19.C2H6Si.2ClH.Hf/c2*1-19(2,3)16-12-15-10-7-11-17(18(15)13-16)14-8-5-4-6-9-14;1-3-2;;;/h2*4-13H,1-3H3;1-2H3;2*1H;/q2*-1;;;;+2/p-2. The van der Waals surface area contributed by atoms with Crippen LogP contribution in [0.2, 0.25) is 13.1 Å². The van der Waals surface area contributed by atoms with Crippen molar-refractivity contribution in [2.45, 2.75) is 65.5 Å². The molecular formula is C40H44Cl2HfSi-2. The molecule has 0 amide bonds. The summed E-state index contributed by atoms with van der Waals surface area (Å²) in [5.41, 5.74) is 8.72. The summed E-state index contributed by atoms with van der Waals surface area (Å²) in [7, 11) is 0. The molecule has 0 atom stereocenters. The molecule has 6 aromatic rings. The average molecular weight is 802 g/mol. The molecule has 6 aromatic carbocycles. The van der Waals surface area contributed by atoms with Crippen molar-refractivity contribution in [3.8, 4) is 22.3 Å². The van der Waals surface area contributed by atoms with E-state index in [2.05, 4.69) is 176 Å². The van der Waals surface area contributed by atoms with E-state index < -0.39 is 0 Å². The van der Waals surface area contributed by atoms with Gasteiger partial charge >= 0.3 is 41.6 Å².